The van der Waals surface area contributed by atoms with Crippen molar-refractivity contribution in [1.29, 1.82) is 0 Å². The predicted octanol–water partition coefficient (Wildman–Crippen LogP) is 8.53. The molecular weight excluding hydrogens is 868 g/mol. The van der Waals surface area contributed by atoms with Gasteiger partial charge in [0.05, 0.1) is 41.3 Å². The molecule has 9 nitrogen and oxygen atoms in total. The van der Waals surface area contributed by atoms with Crippen molar-refractivity contribution in [3.8, 4) is 0 Å². The molecule has 0 fully saturated rings. The second-order valence-corrected chi connectivity index (χ2v) is 25.8. The minimum absolute atomic E-state index is 0. The molecular formula is C53H119ClN2O7Si2. The minimum atomic E-state index is -2.41. The Morgan fingerprint density at radius 3 is 0.723 bits per heavy atom. The summed E-state index contributed by atoms with van der Waals surface area (Å²) < 4.78 is 33.5. The number of quaternary nitrogens is 2. The van der Waals surface area contributed by atoms with E-state index in [0.717, 1.165) is 43.9 Å². The van der Waals surface area contributed by atoms with Crippen LogP contribution in [-0.4, -0.2) is 109 Å². The lowest BCUT2D eigenvalue weighted by molar-refractivity contribution is -0.858. The molecule has 0 amide bonds. The van der Waals surface area contributed by atoms with Crippen LogP contribution in [0.3, 0.4) is 0 Å². The standard InChI is InChI=1S/2C26H57NO3Si.CH3O.ClH/c2*1-7-8-9-10-11-12-13-14-15-16-17-18-19-21-26(23-24-27(2)3)22-20-25-31(28-4,29-5)30-6;1-2;/h2*26H,7-25H2,1-6H3;1H3;1H/q;;-1;/p+1. The Morgan fingerprint density at radius 1 is 0.323 bits per heavy atom. The van der Waals surface area contributed by atoms with Gasteiger partial charge in [-0.15, -0.1) is 0 Å². The zero-order valence-electron chi connectivity index (χ0n) is 46.3. The van der Waals surface area contributed by atoms with E-state index >= 15 is 0 Å². The molecule has 0 aliphatic heterocycles. The highest BCUT2D eigenvalue weighted by atomic mass is 35.5. The molecule has 0 aromatic carbocycles. The van der Waals surface area contributed by atoms with E-state index in [-0.39, 0.29) is 12.4 Å². The second kappa shape index (κ2) is 55.3. The summed E-state index contributed by atoms with van der Waals surface area (Å²) in [6.07, 6.45) is 47.5. The molecule has 0 rings (SSSR count). The normalized spacial score (nSPS) is 12.7. The van der Waals surface area contributed by atoms with E-state index in [2.05, 4.69) is 42.0 Å². The van der Waals surface area contributed by atoms with Crippen molar-refractivity contribution in [3.63, 3.8) is 0 Å². The highest BCUT2D eigenvalue weighted by molar-refractivity contribution is 6.60. The first-order valence-electron chi connectivity index (χ1n) is 27.4. The average Bonchev–Trinajstić information content (AvgIpc) is 3.31. The number of halogens is 1. The Balaban J connectivity index is -0.000000543. The Hall–Kier alpha value is 0.364. The largest absolute Gasteiger partial charge is 1.00 e. The van der Waals surface area contributed by atoms with Gasteiger partial charge >= 0.3 is 17.6 Å². The number of nitrogens with one attached hydrogen (secondary N) is 2. The quantitative estimate of drug-likeness (QED) is 0.0467. The smallest absolute Gasteiger partial charge is 0.500 e. The van der Waals surface area contributed by atoms with Crippen LogP contribution in [-0.2, 0) is 26.6 Å². The summed E-state index contributed by atoms with van der Waals surface area (Å²) in [6, 6.07) is 1.86. The van der Waals surface area contributed by atoms with Crippen molar-refractivity contribution in [2.24, 2.45) is 11.8 Å². The maximum atomic E-state index is 8.25. The fourth-order valence-electron chi connectivity index (χ4n) is 9.08. The van der Waals surface area contributed by atoms with Crippen LogP contribution < -0.4 is 27.3 Å². The fraction of sp³-hybridized carbons (Fsp3) is 1.00. The third kappa shape index (κ3) is 47.8. The molecule has 0 bridgehead atoms. The Bertz CT molecular complexity index is 792. The highest BCUT2D eigenvalue weighted by Crippen LogP contribution is 2.26. The van der Waals surface area contributed by atoms with E-state index in [9.17, 15) is 0 Å². The van der Waals surface area contributed by atoms with Crippen molar-refractivity contribution < 1.29 is 53.9 Å². The van der Waals surface area contributed by atoms with E-state index in [0.29, 0.717) is 0 Å². The van der Waals surface area contributed by atoms with Gasteiger partial charge in [0.25, 0.3) is 0 Å². The van der Waals surface area contributed by atoms with Crippen molar-refractivity contribution in [1.82, 2.24) is 0 Å². The van der Waals surface area contributed by atoms with Gasteiger partial charge in [0.1, 0.15) is 0 Å². The van der Waals surface area contributed by atoms with Gasteiger partial charge in [0, 0.05) is 54.7 Å². The molecule has 0 saturated heterocycles. The first-order valence-corrected chi connectivity index (χ1v) is 31.2. The Morgan fingerprint density at radius 2 is 0.523 bits per heavy atom. The van der Waals surface area contributed by atoms with Crippen molar-refractivity contribution in [2.45, 2.75) is 244 Å². The molecule has 0 aromatic rings. The second-order valence-electron chi connectivity index (χ2n) is 19.7. The third-order valence-corrected chi connectivity index (χ3v) is 19.3. The first kappa shape index (κ1) is 71.9. The van der Waals surface area contributed by atoms with Crippen LogP contribution in [0.25, 0.3) is 0 Å². The lowest BCUT2D eigenvalue weighted by Crippen LogP contribution is -3.05. The molecule has 0 spiro atoms. The molecule has 0 aliphatic carbocycles. The molecule has 0 heterocycles. The summed E-state index contributed by atoms with van der Waals surface area (Å²) in [5, 5.41) is 8.25. The fourth-order valence-corrected chi connectivity index (χ4v) is 12.6. The topological polar surface area (TPSA) is 87.3 Å². The molecule has 2 N–H and O–H groups in total. The van der Waals surface area contributed by atoms with Gasteiger partial charge in [-0.3, -0.25) is 0 Å². The van der Waals surface area contributed by atoms with Gasteiger partial charge in [-0.2, -0.15) is 7.11 Å². The zero-order chi connectivity index (χ0) is 48.4. The maximum Gasteiger partial charge on any atom is 0.500 e. The molecule has 0 aliphatic rings. The monoisotopic (exact) mass is 987 g/mol. The van der Waals surface area contributed by atoms with E-state index < -0.39 is 17.6 Å². The van der Waals surface area contributed by atoms with E-state index in [1.54, 1.807) is 52.5 Å². The lowest BCUT2D eigenvalue weighted by Gasteiger charge is -2.25. The van der Waals surface area contributed by atoms with Crippen LogP contribution >= 0.6 is 0 Å². The zero-order valence-corrected chi connectivity index (χ0v) is 49.0. The molecule has 0 radical (unpaired) electrons. The summed E-state index contributed by atoms with van der Waals surface area (Å²) in [5.41, 5.74) is 0. The molecule has 12 heteroatoms. The van der Waals surface area contributed by atoms with Crippen LogP contribution in [0, 0.1) is 11.8 Å². The predicted molar refractivity (Wildman–Crippen MR) is 280 cm³/mol. The van der Waals surface area contributed by atoms with E-state index in [1.807, 2.05) is 0 Å². The summed E-state index contributed by atoms with van der Waals surface area (Å²) in [7, 11) is 15.3. The minimum Gasteiger partial charge on any atom is -1.00 e. The van der Waals surface area contributed by atoms with Gasteiger partial charge in [0.2, 0.25) is 0 Å². The highest BCUT2D eigenvalue weighted by Gasteiger charge is 2.38. The number of hydrogen-bond donors (Lipinski definition) is 2. The van der Waals surface area contributed by atoms with Crippen LogP contribution in [0.5, 0.6) is 0 Å². The van der Waals surface area contributed by atoms with Gasteiger partial charge in [-0.1, -0.05) is 206 Å². The Kier molecular flexibility index (Phi) is 61.2. The van der Waals surface area contributed by atoms with E-state index in [1.165, 1.54) is 219 Å². The molecule has 0 saturated carbocycles. The third-order valence-electron chi connectivity index (χ3n) is 13.6. The van der Waals surface area contributed by atoms with Crippen LogP contribution in [0.4, 0.5) is 0 Å². The van der Waals surface area contributed by atoms with Crippen molar-refractivity contribution in [2.75, 3.05) is 91.0 Å². The summed E-state index contributed by atoms with van der Waals surface area (Å²) in [6.45, 7) is 7.13. The average molecular weight is 988 g/mol. The van der Waals surface area contributed by atoms with E-state index in [4.69, 9.17) is 31.7 Å². The van der Waals surface area contributed by atoms with Crippen LogP contribution in [0.2, 0.25) is 12.1 Å². The number of unbranched alkanes of at least 4 members (excludes halogenated alkanes) is 24. The molecule has 398 valence electrons. The van der Waals surface area contributed by atoms with Gasteiger partial charge in [0.15, 0.2) is 0 Å². The van der Waals surface area contributed by atoms with Gasteiger partial charge in [-0.25, -0.2) is 0 Å². The van der Waals surface area contributed by atoms with Crippen molar-refractivity contribution in [3.05, 3.63) is 0 Å². The lowest BCUT2D eigenvalue weighted by atomic mass is 9.92. The molecule has 2 unspecified atom stereocenters. The van der Waals surface area contributed by atoms with Crippen LogP contribution in [0.1, 0.15) is 232 Å². The number of rotatable bonds is 48. The molecule has 0 aromatic heterocycles. The Labute approximate surface area is 416 Å². The summed E-state index contributed by atoms with van der Waals surface area (Å²) in [4.78, 5) is 3.12. The maximum absolute atomic E-state index is 8.25. The van der Waals surface area contributed by atoms with Crippen LogP contribution in [0.15, 0.2) is 0 Å². The van der Waals surface area contributed by atoms with Crippen molar-refractivity contribution >= 4 is 17.6 Å². The summed E-state index contributed by atoms with van der Waals surface area (Å²) in [5.74, 6) is 1.67. The number of hydrogen-bond acceptors (Lipinski definition) is 7. The van der Waals surface area contributed by atoms with Gasteiger partial charge in [-0.05, 0) is 37.5 Å². The van der Waals surface area contributed by atoms with Gasteiger partial charge < -0.3 is 53.9 Å². The first-order chi connectivity index (χ1) is 31.1. The summed E-state index contributed by atoms with van der Waals surface area (Å²) >= 11 is 0. The molecule has 2 atom stereocenters. The molecule has 65 heavy (non-hydrogen) atoms. The SMILES string of the molecule is CCCCCCCCCCCCCCCC(CCC[Si](OC)(OC)OC)CC[NH+](C)C.CCCCCCCCCCCCCCCC(CCC[Si](OC)(OC)OC)CC[NH+](C)C.C[O-].[Cl-].